The number of rotatable bonds is 19. The number of primary amides is 1. The van der Waals surface area contributed by atoms with Crippen LogP contribution in [0.3, 0.4) is 0 Å². The van der Waals surface area contributed by atoms with Crippen molar-refractivity contribution >= 4 is 85.8 Å². The summed E-state index contributed by atoms with van der Waals surface area (Å²) in [5, 5.41) is 21.5. The van der Waals surface area contributed by atoms with Crippen molar-refractivity contribution in [3.8, 4) is 0 Å². The van der Waals surface area contributed by atoms with Gasteiger partial charge in [0.2, 0.25) is 53.2 Å². The van der Waals surface area contributed by atoms with Crippen molar-refractivity contribution in [3.63, 3.8) is 0 Å². The summed E-state index contributed by atoms with van der Waals surface area (Å²) in [6, 6.07) is 5.30. The molecule has 0 unspecified atom stereocenters. The Hall–Kier alpha value is -8.30. The van der Waals surface area contributed by atoms with Gasteiger partial charge in [-0.2, -0.15) is 0 Å². The molecule has 420 valence electrons. The Morgan fingerprint density at radius 3 is 1.91 bits per heavy atom. The fourth-order valence-corrected chi connectivity index (χ4v) is 8.93. The lowest BCUT2D eigenvalue weighted by atomic mass is 10.0. The fraction of sp³-hybridized carbons (Fsp3) is 0.490. The van der Waals surface area contributed by atoms with E-state index in [4.69, 9.17) is 28.7 Å². The summed E-state index contributed by atoms with van der Waals surface area (Å²) >= 11 is 0. The molecule has 1 aromatic heterocycles. The number of benzene rings is 2. The number of hydrogen-bond donors (Lipinski definition) is 14. The number of nitrogens with one attached hydrogen (secondary N) is 9. The third kappa shape index (κ3) is 21.8. The van der Waals surface area contributed by atoms with E-state index in [-0.39, 0.29) is 89.3 Å². The zero-order valence-corrected chi connectivity index (χ0v) is 43.9. The summed E-state index contributed by atoms with van der Waals surface area (Å²) in [6.07, 6.45) is 1.55. The van der Waals surface area contributed by atoms with Gasteiger partial charge in [-0.1, -0.05) is 48.5 Å². The normalized spacial score (nSPS) is 21.1. The highest BCUT2D eigenvalue weighted by molar-refractivity contribution is 7.90. The molecule has 2 aromatic carbocycles. The van der Waals surface area contributed by atoms with Crippen molar-refractivity contribution in [2.24, 2.45) is 38.7 Å². The van der Waals surface area contributed by atoms with Crippen molar-refractivity contribution in [3.05, 3.63) is 71.9 Å². The molecular formula is C49H72N16O11S. The molecule has 3 aromatic rings. The standard InChI is InChI=1S/C49H72N16O11S/c1-28(66)59-34(17-10-21-56-48(51)52)42(69)65-39-26-40(67)55-20-9-8-16-33(41(50)68)60-46(73)38(25-30-27-58-32-15-7-6-14-31(30)32)64-43(70)35(18-11-22-57-49(53)54)61-45(72)37(24-29-12-4-3-5-13-29)63-44(71)36(62-47(39)74)19-23-77(2,75)76/h3-7,12-15,27,33-39,58H,8-11,16-26H2,1-2H3,(H2,50,68)(H,55,67)(H,59,66)(H,60,73)(H,61,72)(H,62,74)(H,63,71)(H,64,70)(H,65,69)(H4,51,52,56)(H4,53,54,57)/t33-,34-,35-,36-,37+,38-,39-/m0/s1. The second kappa shape index (κ2) is 30.3. The van der Waals surface area contributed by atoms with Crippen LogP contribution in [0.1, 0.15) is 75.8 Å². The molecule has 1 aliphatic heterocycles. The van der Waals surface area contributed by atoms with E-state index in [1.807, 2.05) is 18.2 Å². The van der Waals surface area contributed by atoms with E-state index in [0.29, 0.717) is 11.1 Å². The number of amides is 9. The smallest absolute Gasteiger partial charge is 0.243 e. The first-order valence-corrected chi connectivity index (χ1v) is 27.1. The molecule has 7 atom stereocenters. The molecule has 77 heavy (non-hydrogen) atoms. The van der Waals surface area contributed by atoms with Crippen molar-refractivity contribution < 1.29 is 51.6 Å². The highest BCUT2D eigenvalue weighted by Crippen LogP contribution is 2.20. The molecule has 0 aliphatic carbocycles. The number of carbonyl (C=O) groups excluding carboxylic acids is 9. The molecule has 1 aliphatic rings. The first-order valence-electron chi connectivity index (χ1n) is 25.0. The van der Waals surface area contributed by atoms with Crippen LogP contribution >= 0.6 is 0 Å². The number of fused-ring (bicyclic) bond motifs is 1. The predicted octanol–water partition coefficient (Wildman–Crippen LogP) is -3.92. The van der Waals surface area contributed by atoms with Gasteiger partial charge in [-0.3, -0.25) is 53.1 Å². The Bertz CT molecular complexity index is 2730. The second-order valence-corrected chi connectivity index (χ2v) is 20.9. The molecule has 9 amide bonds. The average Bonchev–Trinajstić information content (AvgIpc) is 3.77. The first kappa shape index (κ1) is 61.2. The number of aliphatic imine (C=N–C) groups is 2. The Morgan fingerprint density at radius 2 is 1.27 bits per heavy atom. The molecule has 1 fully saturated rings. The molecule has 0 saturated carbocycles. The number of para-hydroxylation sites is 1. The van der Waals surface area contributed by atoms with Gasteiger partial charge < -0.3 is 76.2 Å². The topological polar surface area (TPSA) is 455 Å². The molecule has 19 N–H and O–H groups in total. The van der Waals surface area contributed by atoms with Crippen molar-refractivity contribution in [2.45, 2.75) is 120 Å². The molecular weight excluding hydrogens is 1020 g/mol. The van der Waals surface area contributed by atoms with Gasteiger partial charge in [-0.25, -0.2) is 8.42 Å². The Morgan fingerprint density at radius 1 is 0.701 bits per heavy atom. The van der Waals surface area contributed by atoms with Crippen LogP contribution in [0.5, 0.6) is 0 Å². The van der Waals surface area contributed by atoms with Gasteiger partial charge in [0.25, 0.3) is 0 Å². The summed E-state index contributed by atoms with van der Waals surface area (Å²) in [4.78, 5) is 136. The summed E-state index contributed by atoms with van der Waals surface area (Å²) in [6.45, 7) is 1.21. The highest BCUT2D eigenvalue weighted by atomic mass is 32.2. The van der Waals surface area contributed by atoms with E-state index in [9.17, 15) is 51.6 Å². The van der Waals surface area contributed by atoms with Crippen LogP contribution in [0, 0.1) is 0 Å². The van der Waals surface area contributed by atoms with Crippen molar-refractivity contribution in [1.29, 1.82) is 0 Å². The minimum absolute atomic E-state index is 0.0122. The van der Waals surface area contributed by atoms with Crippen LogP contribution in [0.4, 0.5) is 0 Å². The zero-order chi connectivity index (χ0) is 56.7. The van der Waals surface area contributed by atoms with Crippen LogP contribution < -0.4 is 71.2 Å². The number of sulfone groups is 1. The number of carbonyl (C=O) groups is 9. The summed E-state index contributed by atoms with van der Waals surface area (Å²) in [5.41, 5.74) is 29.6. The van der Waals surface area contributed by atoms with Gasteiger partial charge in [0.05, 0.1) is 12.2 Å². The number of guanidine groups is 2. The van der Waals surface area contributed by atoms with Gasteiger partial charge >= 0.3 is 0 Å². The number of aromatic amines is 1. The first-order chi connectivity index (χ1) is 36.5. The van der Waals surface area contributed by atoms with Gasteiger partial charge in [-0.15, -0.1) is 0 Å². The van der Waals surface area contributed by atoms with Crippen LogP contribution in [0.2, 0.25) is 0 Å². The summed E-state index contributed by atoms with van der Waals surface area (Å²) in [5.74, 6) is -9.03. The third-order valence-electron chi connectivity index (χ3n) is 12.2. The van der Waals surface area contributed by atoms with E-state index in [1.165, 1.54) is 0 Å². The van der Waals surface area contributed by atoms with Gasteiger partial charge in [0.15, 0.2) is 11.9 Å². The largest absolute Gasteiger partial charge is 0.370 e. The Labute approximate surface area is 445 Å². The number of hydrogen-bond acceptors (Lipinski definition) is 13. The van der Waals surface area contributed by atoms with Gasteiger partial charge in [-0.05, 0) is 68.6 Å². The lowest BCUT2D eigenvalue weighted by Crippen LogP contribution is -2.61. The molecule has 1 saturated heterocycles. The van der Waals surface area contributed by atoms with E-state index in [0.717, 1.165) is 24.1 Å². The number of H-pyrrole nitrogens is 1. The minimum atomic E-state index is -3.82. The van der Waals surface area contributed by atoms with E-state index >= 15 is 0 Å². The summed E-state index contributed by atoms with van der Waals surface area (Å²) in [7, 11) is -3.82. The fourth-order valence-electron chi connectivity index (χ4n) is 8.27. The van der Waals surface area contributed by atoms with Crippen molar-refractivity contribution in [1.82, 2.24) is 47.5 Å². The maximum absolute atomic E-state index is 14.6. The van der Waals surface area contributed by atoms with Crippen LogP contribution in [0.25, 0.3) is 10.9 Å². The predicted molar refractivity (Wildman–Crippen MR) is 286 cm³/mol. The molecule has 0 radical (unpaired) electrons. The number of nitrogens with two attached hydrogens (primary N) is 5. The summed E-state index contributed by atoms with van der Waals surface area (Å²) < 4.78 is 25.1. The molecule has 0 spiro atoms. The zero-order valence-electron chi connectivity index (χ0n) is 43.1. The van der Waals surface area contributed by atoms with Gasteiger partial charge in [0.1, 0.15) is 52.1 Å². The monoisotopic (exact) mass is 1090 g/mol. The van der Waals surface area contributed by atoms with Crippen LogP contribution in [-0.4, -0.2) is 152 Å². The Kier molecular flexibility index (Phi) is 24.1. The van der Waals surface area contributed by atoms with Crippen LogP contribution in [0.15, 0.2) is 70.8 Å². The quantitative estimate of drug-likeness (QED) is 0.0310. The highest BCUT2D eigenvalue weighted by Gasteiger charge is 2.35. The molecule has 4 rings (SSSR count). The SMILES string of the molecule is CC(=O)N[C@@H](CCCN=C(N)N)C(=O)N[C@H]1CC(=O)NCCCC[C@@H](C(N)=O)NC(=O)[C@H](Cc2c[nH]c3ccccc23)NC(=O)[C@H](CCCN=C(N)N)NC(=O)[C@@H](Cc2ccccc2)NC(=O)[C@H](CCS(C)(=O)=O)NC1=O. The lowest BCUT2D eigenvalue weighted by Gasteiger charge is -2.28. The van der Waals surface area contributed by atoms with Crippen molar-refractivity contribution in [2.75, 3.05) is 31.6 Å². The van der Waals surface area contributed by atoms with E-state index in [1.54, 1.807) is 42.6 Å². The average molecular weight is 1090 g/mol. The molecule has 0 bridgehead atoms. The Balaban J connectivity index is 1.80. The number of nitrogens with zero attached hydrogens (tertiary/aromatic N) is 2. The second-order valence-electron chi connectivity index (χ2n) is 18.6. The molecule has 2 heterocycles. The van der Waals surface area contributed by atoms with E-state index < -0.39 is 124 Å². The minimum Gasteiger partial charge on any atom is -0.370 e. The molecule has 27 nitrogen and oxygen atoms in total. The third-order valence-corrected chi connectivity index (χ3v) is 13.2. The van der Waals surface area contributed by atoms with Gasteiger partial charge in [0, 0.05) is 62.8 Å². The maximum Gasteiger partial charge on any atom is 0.243 e. The number of aromatic nitrogens is 1. The van der Waals surface area contributed by atoms with E-state index in [2.05, 4.69) is 57.5 Å². The lowest BCUT2D eigenvalue weighted by molar-refractivity contribution is -0.136. The van der Waals surface area contributed by atoms with Crippen LogP contribution in [-0.2, 0) is 65.8 Å². The molecule has 28 heteroatoms. The maximum atomic E-state index is 14.6.